The Kier molecular flexibility index (Phi) is 5.09. The summed E-state index contributed by atoms with van der Waals surface area (Å²) in [6.07, 6.45) is 7.03. The van der Waals surface area contributed by atoms with Crippen molar-refractivity contribution in [2.45, 2.75) is 38.6 Å². The molecular formula is C17H24N6. The Morgan fingerprint density at radius 2 is 2.22 bits per heavy atom. The number of rotatable bonds is 4. The first kappa shape index (κ1) is 15.8. The fourth-order valence-corrected chi connectivity index (χ4v) is 3.11. The van der Waals surface area contributed by atoms with Gasteiger partial charge in [0.2, 0.25) is 0 Å². The van der Waals surface area contributed by atoms with E-state index in [1.165, 1.54) is 12.8 Å². The number of aromatic nitrogens is 5. The van der Waals surface area contributed by atoms with Crippen LogP contribution in [0.3, 0.4) is 0 Å². The Hall–Kier alpha value is -2.13. The Balaban J connectivity index is 1.67. The molecule has 3 heterocycles. The highest BCUT2D eigenvalue weighted by molar-refractivity contribution is 5.06. The van der Waals surface area contributed by atoms with Crippen molar-refractivity contribution in [1.82, 2.24) is 29.4 Å². The molecule has 0 N–H and O–H groups in total. The van der Waals surface area contributed by atoms with Crippen molar-refractivity contribution in [3.05, 3.63) is 30.1 Å². The van der Waals surface area contributed by atoms with E-state index >= 15 is 0 Å². The maximum absolute atomic E-state index is 4.46. The molecule has 1 fully saturated rings. The maximum atomic E-state index is 4.46. The second kappa shape index (κ2) is 7.42. The van der Waals surface area contributed by atoms with Gasteiger partial charge in [-0.25, -0.2) is 0 Å². The highest BCUT2D eigenvalue weighted by atomic mass is 15.3. The van der Waals surface area contributed by atoms with Crippen LogP contribution in [0.15, 0.2) is 18.5 Å². The Labute approximate surface area is 137 Å². The lowest BCUT2D eigenvalue weighted by Gasteiger charge is -2.30. The molecule has 1 saturated heterocycles. The van der Waals surface area contributed by atoms with Gasteiger partial charge >= 0.3 is 0 Å². The van der Waals surface area contributed by atoms with E-state index < -0.39 is 0 Å². The van der Waals surface area contributed by atoms with Crippen molar-refractivity contribution in [1.29, 1.82) is 0 Å². The van der Waals surface area contributed by atoms with Gasteiger partial charge in [-0.05, 0) is 25.5 Å². The summed E-state index contributed by atoms with van der Waals surface area (Å²) in [6, 6.07) is 1.92. The molecule has 23 heavy (non-hydrogen) atoms. The van der Waals surface area contributed by atoms with Crippen LogP contribution in [-0.4, -0.2) is 49.1 Å². The third kappa shape index (κ3) is 3.80. The predicted molar refractivity (Wildman–Crippen MR) is 88.8 cm³/mol. The molecule has 0 bridgehead atoms. The van der Waals surface area contributed by atoms with E-state index in [1.807, 2.05) is 16.9 Å². The summed E-state index contributed by atoms with van der Waals surface area (Å²) in [6.45, 7) is 5.77. The van der Waals surface area contributed by atoms with Crippen molar-refractivity contribution in [3.8, 4) is 11.8 Å². The number of hydrogen-bond donors (Lipinski definition) is 0. The second-order valence-corrected chi connectivity index (χ2v) is 6.02. The molecule has 6 heteroatoms. The predicted octanol–water partition coefficient (Wildman–Crippen LogP) is 1.65. The normalized spacial score (nSPS) is 18.6. The second-order valence-electron chi connectivity index (χ2n) is 6.02. The number of piperidine rings is 1. The average Bonchev–Trinajstić information content (AvgIpc) is 3.19. The first-order valence-electron chi connectivity index (χ1n) is 8.31. The van der Waals surface area contributed by atoms with Crippen molar-refractivity contribution in [2.24, 2.45) is 7.05 Å². The molecule has 2 aromatic rings. The first-order valence-corrected chi connectivity index (χ1v) is 8.31. The summed E-state index contributed by atoms with van der Waals surface area (Å²) < 4.78 is 4.01. The molecule has 6 nitrogen and oxygen atoms in total. The Bertz CT molecular complexity index is 676. The number of nitrogens with zero attached hydrogens (tertiary/aromatic N) is 6. The van der Waals surface area contributed by atoms with Gasteiger partial charge in [0.05, 0.1) is 6.54 Å². The molecule has 0 aromatic carbocycles. The van der Waals surface area contributed by atoms with E-state index in [0.717, 1.165) is 37.7 Å². The molecule has 3 rings (SSSR count). The van der Waals surface area contributed by atoms with Crippen LogP contribution in [0.5, 0.6) is 0 Å². The lowest BCUT2D eigenvalue weighted by molar-refractivity contribution is 0.224. The number of hydrogen-bond acceptors (Lipinski definition) is 4. The zero-order valence-corrected chi connectivity index (χ0v) is 13.9. The molecule has 0 amide bonds. The molecule has 0 aliphatic carbocycles. The molecule has 0 spiro atoms. The molecular weight excluding hydrogens is 288 g/mol. The number of likely N-dealkylation sites (tertiary alicyclic amines) is 1. The fraction of sp³-hybridized carbons (Fsp3) is 0.588. The lowest BCUT2D eigenvalue weighted by atomic mass is 9.97. The van der Waals surface area contributed by atoms with E-state index in [9.17, 15) is 0 Å². The van der Waals surface area contributed by atoms with E-state index in [0.29, 0.717) is 12.5 Å². The molecule has 1 atom stereocenters. The minimum absolute atomic E-state index is 0.441. The zero-order chi connectivity index (χ0) is 16.1. The van der Waals surface area contributed by atoms with Gasteiger partial charge < -0.3 is 4.57 Å². The first-order chi connectivity index (χ1) is 11.3. The minimum Gasteiger partial charge on any atom is -0.316 e. The monoisotopic (exact) mass is 312 g/mol. The van der Waals surface area contributed by atoms with Crippen LogP contribution in [0, 0.1) is 11.8 Å². The van der Waals surface area contributed by atoms with Crippen LogP contribution in [0.25, 0.3) is 0 Å². The van der Waals surface area contributed by atoms with Gasteiger partial charge in [0.15, 0.2) is 5.82 Å². The van der Waals surface area contributed by atoms with E-state index in [4.69, 9.17) is 0 Å². The molecule has 0 saturated carbocycles. The van der Waals surface area contributed by atoms with Gasteiger partial charge in [-0.3, -0.25) is 9.58 Å². The molecule has 0 unspecified atom stereocenters. The zero-order valence-electron chi connectivity index (χ0n) is 13.9. The van der Waals surface area contributed by atoms with Crippen LogP contribution in [0.1, 0.15) is 43.8 Å². The van der Waals surface area contributed by atoms with Gasteiger partial charge in [-0.2, -0.15) is 5.10 Å². The van der Waals surface area contributed by atoms with Crippen molar-refractivity contribution in [2.75, 3.05) is 19.6 Å². The van der Waals surface area contributed by atoms with Crippen molar-refractivity contribution in [3.63, 3.8) is 0 Å². The van der Waals surface area contributed by atoms with E-state index in [2.05, 4.69) is 50.6 Å². The quantitative estimate of drug-likeness (QED) is 0.806. The van der Waals surface area contributed by atoms with Crippen molar-refractivity contribution >= 4 is 0 Å². The lowest BCUT2D eigenvalue weighted by Crippen LogP contribution is -2.35. The van der Waals surface area contributed by atoms with Crippen LogP contribution in [0.4, 0.5) is 0 Å². The maximum Gasteiger partial charge on any atom is 0.154 e. The molecule has 1 aliphatic rings. The molecule has 0 radical (unpaired) electrons. The van der Waals surface area contributed by atoms with Crippen molar-refractivity contribution < 1.29 is 0 Å². The summed E-state index contributed by atoms with van der Waals surface area (Å²) in [5, 5.41) is 13.1. The molecule has 122 valence electrons. The van der Waals surface area contributed by atoms with Crippen LogP contribution in [-0.2, 0) is 13.6 Å². The van der Waals surface area contributed by atoms with Gasteiger partial charge in [0.25, 0.3) is 0 Å². The van der Waals surface area contributed by atoms with E-state index in [-0.39, 0.29) is 0 Å². The summed E-state index contributed by atoms with van der Waals surface area (Å²) in [7, 11) is 2.06. The summed E-state index contributed by atoms with van der Waals surface area (Å²) in [5.41, 5.74) is 0. The van der Waals surface area contributed by atoms with Gasteiger partial charge in [-0.1, -0.05) is 12.8 Å². The van der Waals surface area contributed by atoms with Crippen LogP contribution < -0.4 is 0 Å². The fourth-order valence-electron chi connectivity index (χ4n) is 3.11. The molecule has 2 aromatic heterocycles. The summed E-state index contributed by atoms with van der Waals surface area (Å²) >= 11 is 0. The van der Waals surface area contributed by atoms with E-state index in [1.54, 1.807) is 6.20 Å². The third-order valence-electron chi connectivity index (χ3n) is 4.34. The van der Waals surface area contributed by atoms with Gasteiger partial charge in [-0.15, -0.1) is 16.1 Å². The van der Waals surface area contributed by atoms with Gasteiger partial charge in [0.1, 0.15) is 12.4 Å². The SMILES string of the molecule is CCC#CCN1CCC[C@@H](c2nnc(Cn3cccn3)n2C)C1. The largest absolute Gasteiger partial charge is 0.316 e. The van der Waals surface area contributed by atoms with Crippen LogP contribution in [0.2, 0.25) is 0 Å². The molecule has 1 aliphatic heterocycles. The van der Waals surface area contributed by atoms with Crippen LogP contribution >= 0.6 is 0 Å². The minimum atomic E-state index is 0.441. The van der Waals surface area contributed by atoms with Gasteiger partial charge in [0, 0.05) is 38.3 Å². The summed E-state index contributed by atoms with van der Waals surface area (Å²) in [5.74, 6) is 8.88. The highest BCUT2D eigenvalue weighted by Crippen LogP contribution is 2.25. The standard InChI is InChI=1S/C17H24N6/c1-3-4-5-10-22-11-6-8-15(13-22)17-20-19-16(21(17)2)14-23-12-7-9-18-23/h7,9,12,15H,3,6,8,10-11,13-14H2,1-2H3/t15-/m1/s1. The Morgan fingerprint density at radius 3 is 3.00 bits per heavy atom. The smallest absolute Gasteiger partial charge is 0.154 e. The third-order valence-corrected chi connectivity index (χ3v) is 4.34. The Morgan fingerprint density at radius 1 is 1.30 bits per heavy atom. The topological polar surface area (TPSA) is 51.8 Å². The average molecular weight is 312 g/mol. The summed E-state index contributed by atoms with van der Waals surface area (Å²) in [4.78, 5) is 2.43. The highest BCUT2D eigenvalue weighted by Gasteiger charge is 2.25.